The van der Waals surface area contributed by atoms with Crippen LogP contribution in [0.4, 0.5) is 11.4 Å². The minimum Gasteiger partial charge on any atom is -0.326 e. The maximum atomic E-state index is 12.0. The van der Waals surface area contributed by atoms with Crippen molar-refractivity contribution < 1.29 is 9.59 Å². The van der Waals surface area contributed by atoms with Crippen LogP contribution in [-0.4, -0.2) is 35.9 Å². The van der Waals surface area contributed by atoms with E-state index in [4.69, 9.17) is 0 Å². The van der Waals surface area contributed by atoms with Crippen molar-refractivity contribution in [3.8, 4) is 0 Å². The molecule has 1 heterocycles. The van der Waals surface area contributed by atoms with Gasteiger partial charge in [-0.3, -0.25) is 9.59 Å². The quantitative estimate of drug-likeness (QED) is 0.778. The van der Waals surface area contributed by atoms with Gasteiger partial charge in [-0.2, -0.15) is 11.8 Å². The third-order valence-corrected chi connectivity index (χ3v) is 4.52. The third kappa shape index (κ3) is 5.35. The first-order valence-corrected chi connectivity index (χ1v) is 8.72. The van der Waals surface area contributed by atoms with Crippen LogP contribution in [0.5, 0.6) is 0 Å². The topological polar surface area (TPSA) is 70.2 Å². The fraction of sp³-hybridized carbons (Fsp3) is 0.500. The maximum absolute atomic E-state index is 12.0. The van der Waals surface area contributed by atoms with Crippen molar-refractivity contribution in [2.75, 3.05) is 28.7 Å². The Balaban J connectivity index is 1.82. The first-order valence-electron chi connectivity index (χ1n) is 7.56. The SMILES string of the molecule is CC(C)C(=O)Nc1ccc(NC(=O)CC2CSCCN2)cc1. The zero-order valence-corrected chi connectivity index (χ0v) is 13.8. The molecule has 1 aliphatic heterocycles. The van der Waals surface area contributed by atoms with E-state index in [2.05, 4.69) is 16.0 Å². The molecule has 2 rings (SSSR count). The van der Waals surface area contributed by atoms with Gasteiger partial charge in [-0.15, -0.1) is 0 Å². The number of hydrogen-bond acceptors (Lipinski definition) is 4. The maximum Gasteiger partial charge on any atom is 0.226 e. The smallest absolute Gasteiger partial charge is 0.226 e. The van der Waals surface area contributed by atoms with Crippen LogP contribution >= 0.6 is 11.8 Å². The van der Waals surface area contributed by atoms with E-state index >= 15 is 0 Å². The molecule has 0 saturated carbocycles. The molecule has 0 spiro atoms. The molecular weight excluding hydrogens is 298 g/mol. The van der Waals surface area contributed by atoms with Gasteiger partial charge in [0.25, 0.3) is 0 Å². The van der Waals surface area contributed by atoms with Crippen LogP contribution in [0.25, 0.3) is 0 Å². The standard InChI is InChI=1S/C16H23N3O2S/c1-11(2)16(21)19-13-5-3-12(4-6-13)18-15(20)9-14-10-22-8-7-17-14/h3-6,11,14,17H,7-10H2,1-2H3,(H,18,20)(H,19,21). The highest BCUT2D eigenvalue weighted by Gasteiger charge is 2.16. The van der Waals surface area contributed by atoms with Crippen molar-refractivity contribution >= 4 is 35.0 Å². The average Bonchev–Trinajstić information content (AvgIpc) is 2.50. The van der Waals surface area contributed by atoms with E-state index in [0.29, 0.717) is 6.42 Å². The summed E-state index contributed by atoms with van der Waals surface area (Å²) in [6.07, 6.45) is 0.485. The molecule has 1 aromatic rings. The van der Waals surface area contributed by atoms with Gasteiger partial charge in [0.15, 0.2) is 0 Å². The molecule has 1 aliphatic rings. The van der Waals surface area contributed by atoms with E-state index in [-0.39, 0.29) is 23.8 Å². The van der Waals surface area contributed by atoms with E-state index in [9.17, 15) is 9.59 Å². The Morgan fingerprint density at radius 1 is 1.23 bits per heavy atom. The summed E-state index contributed by atoms with van der Waals surface area (Å²) < 4.78 is 0. The summed E-state index contributed by atoms with van der Waals surface area (Å²) in [7, 11) is 0. The van der Waals surface area contributed by atoms with Gasteiger partial charge >= 0.3 is 0 Å². The summed E-state index contributed by atoms with van der Waals surface area (Å²) in [4.78, 5) is 23.6. The summed E-state index contributed by atoms with van der Waals surface area (Å²) in [5.74, 6) is 2.03. The predicted molar refractivity (Wildman–Crippen MR) is 92.3 cm³/mol. The highest BCUT2D eigenvalue weighted by atomic mass is 32.2. The Bertz CT molecular complexity index is 511. The molecular formula is C16H23N3O2S. The summed E-state index contributed by atoms with van der Waals surface area (Å²) in [5, 5.41) is 9.06. The highest BCUT2D eigenvalue weighted by molar-refractivity contribution is 7.99. The fourth-order valence-electron chi connectivity index (χ4n) is 2.11. The Kier molecular flexibility index (Phi) is 6.27. The lowest BCUT2D eigenvalue weighted by Gasteiger charge is -2.22. The average molecular weight is 321 g/mol. The summed E-state index contributed by atoms with van der Waals surface area (Å²) in [6.45, 7) is 4.66. The first-order chi connectivity index (χ1) is 10.5. The molecule has 5 nitrogen and oxygen atoms in total. The molecule has 1 fully saturated rings. The number of hydrogen-bond donors (Lipinski definition) is 3. The minimum absolute atomic E-state index is 0.0129. The molecule has 22 heavy (non-hydrogen) atoms. The molecule has 0 aliphatic carbocycles. The van der Waals surface area contributed by atoms with Gasteiger partial charge in [-0.1, -0.05) is 13.8 Å². The molecule has 2 amide bonds. The first kappa shape index (κ1) is 16.8. The summed E-state index contributed by atoms with van der Waals surface area (Å²) in [5.41, 5.74) is 1.48. The Morgan fingerprint density at radius 2 is 1.86 bits per heavy atom. The normalized spacial score (nSPS) is 18.0. The van der Waals surface area contributed by atoms with E-state index in [0.717, 1.165) is 29.4 Å². The van der Waals surface area contributed by atoms with Crippen LogP contribution in [0.3, 0.4) is 0 Å². The lowest BCUT2D eigenvalue weighted by atomic mass is 10.2. The number of nitrogens with one attached hydrogen (secondary N) is 3. The largest absolute Gasteiger partial charge is 0.326 e. The van der Waals surface area contributed by atoms with Crippen molar-refractivity contribution in [2.24, 2.45) is 5.92 Å². The number of carbonyl (C=O) groups excluding carboxylic acids is 2. The highest BCUT2D eigenvalue weighted by Crippen LogP contribution is 2.16. The lowest BCUT2D eigenvalue weighted by molar-refractivity contribution is -0.119. The van der Waals surface area contributed by atoms with Crippen LogP contribution in [-0.2, 0) is 9.59 Å². The van der Waals surface area contributed by atoms with Crippen molar-refractivity contribution in [3.05, 3.63) is 24.3 Å². The Morgan fingerprint density at radius 3 is 2.41 bits per heavy atom. The molecule has 1 saturated heterocycles. The molecule has 0 radical (unpaired) electrons. The van der Waals surface area contributed by atoms with Gasteiger partial charge in [0.05, 0.1) is 0 Å². The molecule has 1 unspecified atom stereocenters. The monoisotopic (exact) mass is 321 g/mol. The third-order valence-electron chi connectivity index (χ3n) is 3.39. The second kappa shape index (κ2) is 8.19. The zero-order valence-electron chi connectivity index (χ0n) is 13.0. The van der Waals surface area contributed by atoms with Crippen molar-refractivity contribution in [3.63, 3.8) is 0 Å². The fourth-order valence-corrected chi connectivity index (χ4v) is 3.06. The van der Waals surface area contributed by atoms with Crippen LogP contribution in [0, 0.1) is 5.92 Å². The van der Waals surface area contributed by atoms with Crippen LogP contribution in [0.15, 0.2) is 24.3 Å². The van der Waals surface area contributed by atoms with Crippen molar-refractivity contribution in [1.29, 1.82) is 0 Å². The second-order valence-electron chi connectivity index (χ2n) is 5.70. The van der Waals surface area contributed by atoms with E-state index in [1.165, 1.54) is 0 Å². The van der Waals surface area contributed by atoms with Gasteiger partial charge in [0.2, 0.25) is 11.8 Å². The van der Waals surface area contributed by atoms with Gasteiger partial charge in [0.1, 0.15) is 0 Å². The number of thioether (sulfide) groups is 1. The number of rotatable bonds is 5. The lowest BCUT2D eigenvalue weighted by Crippen LogP contribution is -2.39. The van der Waals surface area contributed by atoms with E-state index < -0.39 is 0 Å². The molecule has 1 atom stereocenters. The van der Waals surface area contributed by atoms with Crippen molar-refractivity contribution in [2.45, 2.75) is 26.3 Å². The second-order valence-corrected chi connectivity index (χ2v) is 6.85. The van der Waals surface area contributed by atoms with Gasteiger partial charge in [-0.05, 0) is 24.3 Å². The van der Waals surface area contributed by atoms with Crippen LogP contribution in [0.1, 0.15) is 20.3 Å². The molecule has 6 heteroatoms. The molecule has 1 aromatic carbocycles. The van der Waals surface area contributed by atoms with Gasteiger partial charge < -0.3 is 16.0 Å². The van der Waals surface area contributed by atoms with E-state index in [1.807, 2.05) is 25.6 Å². The number of carbonyl (C=O) groups is 2. The molecule has 0 bridgehead atoms. The van der Waals surface area contributed by atoms with Crippen LogP contribution in [0.2, 0.25) is 0 Å². The van der Waals surface area contributed by atoms with Crippen LogP contribution < -0.4 is 16.0 Å². The summed E-state index contributed by atoms with van der Waals surface area (Å²) in [6, 6.07) is 7.45. The van der Waals surface area contributed by atoms with Gasteiger partial charge in [-0.25, -0.2) is 0 Å². The number of anilines is 2. The van der Waals surface area contributed by atoms with E-state index in [1.54, 1.807) is 24.3 Å². The molecule has 3 N–H and O–H groups in total. The van der Waals surface area contributed by atoms with Gasteiger partial charge in [0, 0.05) is 47.8 Å². The van der Waals surface area contributed by atoms with Crippen molar-refractivity contribution in [1.82, 2.24) is 5.32 Å². The number of amides is 2. The minimum atomic E-state index is -0.0553. The zero-order chi connectivity index (χ0) is 15.9. The Hall–Kier alpha value is -1.53. The number of benzene rings is 1. The summed E-state index contributed by atoms with van der Waals surface area (Å²) >= 11 is 1.88. The molecule has 120 valence electrons. The predicted octanol–water partition coefficient (Wildman–Crippen LogP) is 2.31. The molecule has 0 aromatic heterocycles. The Labute approximate surface area is 135 Å².